The van der Waals surface area contributed by atoms with E-state index in [9.17, 15) is 10.2 Å². The Labute approximate surface area is 99.1 Å². The van der Waals surface area contributed by atoms with Gasteiger partial charge >= 0.3 is 0 Å². The third-order valence-electron chi connectivity index (χ3n) is 2.43. The number of aromatic hydroxyl groups is 1. The highest BCUT2D eigenvalue weighted by molar-refractivity contribution is 5.31. The summed E-state index contributed by atoms with van der Waals surface area (Å²) in [6.07, 6.45) is 1.56. The first-order chi connectivity index (χ1) is 8.29. The highest BCUT2D eigenvalue weighted by Gasteiger charge is 2.14. The van der Waals surface area contributed by atoms with Crippen LogP contribution in [0.5, 0.6) is 11.5 Å². The number of hydrogen-bond donors (Lipinski definition) is 2. The second-order valence-electron chi connectivity index (χ2n) is 3.70. The average Bonchev–Trinajstić information content (AvgIpc) is 2.84. The van der Waals surface area contributed by atoms with Crippen LogP contribution in [0.3, 0.4) is 0 Å². The fraction of sp³-hybridized carbons (Fsp3) is 0.231. The predicted octanol–water partition coefficient (Wildman–Crippen LogP) is 2.14. The molecule has 1 atom stereocenters. The molecule has 0 aliphatic heterocycles. The minimum absolute atomic E-state index is 0.0493. The van der Waals surface area contributed by atoms with E-state index in [2.05, 4.69) is 0 Å². The number of furan rings is 1. The van der Waals surface area contributed by atoms with Gasteiger partial charge < -0.3 is 19.4 Å². The van der Waals surface area contributed by atoms with Crippen LogP contribution in [0.4, 0.5) is 0 Å². The van der Waals surface area contributed by atoms with Gasteiger partial charge in [0.05, 0.1) is 18.8 Å². The molecular formula is C13H14O4. The number of phenols is 1. The Morgan fingerprint density at radius 1 is 1.24 bits per heavy atom. The maximum atomic E-state index is 9.27. The fourth-order valence-electron chi connectivity index (χ4n) is 1.52. The van der Waals surface area contributed by atoms with Crippen LogP contribution in [0.25, 0.3) is 0 Å². The topological polar surface area (TPSA) is 62.8 Å². The SMILES string of the molecule is OCC(COc1cccc(O)c1)c1ccco1. The molecule has 90 valence electrons. The molecule has 0 saturated heterocycles. The summed E-state index contributed by atoms with van der Waals surface area (Å²) in [6, 6.07) is 10.1. The normalized spacial score (nSPS) is 12.3. The standard InChI is InChI=1S/C13H14O4/c14-8-10(13-5-2-6-16-13)9-17-12-4-1-3-11(15)7-12/h1-7,10,14-15H,8-9H2. The maximum Gasteiger partial charge on any atom is 0.123 e. The minimum atomic E-state index is -0.202. The Morgan fingerprint density at radius 2 is 2.12 bits per heavy atom. The molecule has 2 rings (SSSR count). The molecule has 17 heavy (non-hydrogen) atoms. The van der Waals surface area contributed by atoms with Crippen LogP contribution in [0.15, 0.2) is 47.1 Å². The van der Waals surface area contributed by atoms with Gasteiger partial charge in [-0.3, -0.25) is 0 Å². The van der Waals surface area contributed by atoms with E-state index in [-0.39, 0.29) is 18.3 Å². The van der Waals surface area contributed by atoms with Crippen molar-refractivity contribution in [3.8, 4) is 11.5 Å². The summed E-state index contributed by atoms with van der Waals surface area (Å²) >= 11 is 0. The Hall–Kier alpha value is -1.94. The molecular weight excluding hydrogens is 220 g/mol. The summed E-state index contributed by atoms with van der Waals surface area (Å²) in [5.41, 5.74) is 0. The smallest absolute Gasteiger partial charge is 0.123 e. The van der Waals surface area contributed by atoms with Gasteiger partial charge in [0, 0.05) is 6.07 Å². The Kier molecular flexibility index (Phi) is 3.67. The summed E-state index contributed by atoms with van der Waals surface area (Å²) in [5, 5.41) is 18.5. The highest BCUT2D eigenvalue weighted by atomic mass is 16.5. The summed E-state index contributed by atoms with van der Waals surface area (Å²) in [4.78, 5) is 0. The summed E-state index contributed by atoms with van der Waals surface area (Å²) in [6.45, 7) is 0.250. The number of ether oxygens (including phenoxy) is 1. The Balaban J connectivity index is 1.97. The van der Waals surface area contributed by atoms with Crippen molar-refractivity contribution in [2.75, 3.05) is 13.2 Å². The lowest BCUT2D eigenvalue weighted by Gasteiger charge is -2.13. The van der Waals surface area contributed by atoms with E-state index >= 15 is 0 Å². The van der Waals surface area contributed by atoms with Crippen molar-refractivity contribution in [2.24, 2.45) is 0 Å². The number of rotatable bonds is 5. The molecule has 1 unspecified atom stereocenters. The van der Waals surface area contributed by atoms with Crippen molar-refractivity contribution in [3.05, 3.63) is 48.4 Å². The van der Waals surface area contributed by atoms with Gasteiger partial charge in [0.1, 0.15) is 23.9 Å². The molecule has 0 saturated carbocycles. The van der Waals surface area contributed by atoms with Gasteiger partial charge in [-0.25, -0.2) is 0 Å². The minimum Gasteiger partial charge on any atom is -0.508 e. The summed E-state index contributed by atoms with van der Waals surface area (Å²) < 4.78 is 10.7. The van der Waals surface area contributed by atoms with E-state index in [1.54, 1.807) is 36.6 Å². The lowest BCUT2D eigenvalue weighted by Crippen LogP contribution is -2.13. The third kappa shape index (κ3) is 3.01. The zero-order valence-corrected chi connectivity index (χ0v) is 9.24. The highest BCUT2D eigenvalue weighted by Crippen LogP contribution is 2.21. The van der Waals surface area contributed by atoms with Gasteiger partial charge in [0.2, 0.25) is 0 Å². The van der Waals surface area contributed by atoms with Crippen molar-refractivity contribution >= 4 is 0 Å². The molecule has 2 N–H and O–H groups in total. The molecule has 0 aliphatic carbocycles. The molecule has 0 amide bonds. The van der Waals surface area contributed by atoms with Crippen molar-refractivity contribution < 1.29 is 19.4 Å². The number of aliphatic hydroxyl groups excluding tert-OH is 1. The number of aliphatic hydroxyl groups is 1. The van der Waals surface area contributed by atoms with Crippen LogP contribution in [0.2, 0.25) is 0 Å². The molecule has 0 aliphatic rings. The molecule has 1 heterocycles. The van der Waals surface area contributed by atoms with E-state index in [0.717, 1.165) is 0 Å². The van der Waals surface area contributed by atoms with E-state index in [1.165, 1.54) is 6.07 Å². The molecule has 0 bridgehead atoms. The first-order valence-electron chi connectivity index (χ1n) is 5.35. The van der Waals surface area contributed by atoms with Crippen molar-refractivity contribution in [1.29, 1.82) is 0 Å². The average molecular weight is 234 g/mol. The van der Waals surface area contributed by atoms with Gasteiger partial charge in [-0.15, -0.1) is 0 Å². The van der Waals surface area contributed by atoms with Gasteiger partial charge in [-0.05, 0) is 24.3 Å². The monoisotopic (exact) mass is 234 g/mol. The van der Waals surface area contributed by atoms with Crippen LogP contribution < -0.4 is 4.74 Å². The van der Waals surface area contributed by atoms with Crippen LogP contribution in [-0.4, -0.2) is 23.4 Å². The lowest BCUT2D eigenvalue weighted by atomic mass is 10.1. The van der Waals surface area contributed by atoms with Crippen molar-refractivity contribution in [3.63, 3.8) is 0 Å². The van der Waals surface area contributed by atoms with E-state index in [4.69, 9.17) is 9.15 Å². The van der Waals surface area contributed by atoms with Gasteiger partial charge in [0.15, 0.2) is 0 Å². The first kappa shape index (κ1) is 11.5. The molecule has 0 spiro atoms. The summed E-state index contributed by atoms with van der Waals surface area (Å²) in [5.74, 6) is 1.20. The molecule has 0 fully saturated rings. The molecule has 4 heteroatoms. The summed E-state index contributed by atoms with van der Waals surface area (Å²) in [7, 11) is 0. The van der Waals surface area contributed by atoms with Crippen molar-refractivity contribution in [2.45, 2.75) is 5.92 Å². The lowest BCUT2D eigenvalue weighted by molar-refractivity contribution is 0.190. The van der Waals surface area contributed by atoms with Gasteiger partial charge in [-0.2, -0.15) is 0 Å². The molecule has 1 aromatic heterocycles. The largest absolute Gasteiger partial charge is 0.508 e. The first-order valence-corrected chi connectivity index (χ1v) is 5.35. The van der Waals surface area contributed by atoms with Crippen LogP contribution >= 0.6 is 0 Å². The van der Waals surface area contributed by atoms with Crippen LogP contribution in [-0.2, 0) is 0 Å². The molecule has 1 aromatic carbocycles. The van der Waals surface area contributed by atoms with Crippen molar-refractivity contribution in [1.82, 2.24) is 0 Å². The second kappa shape index (κ2) is 5.41. The molecule has 0 radical (unpaired) electrons. The zero-order chi connectivity index (χ0) is 12.1. The molecule has 4 nitrogen and oxygen atoms in total. The predicted molar refractivity (Wildman–Crippen MR) is 62.1 cm³/mol. The quantitative estimate of drug-likeness (QED) is 0.832. The van der Waals surface area contributed by atoms with Gasteiger partial charge in [0.25, 0.3) is 0 Å². The number of benzene rings is 1. The maximum absolute atomic E-state index is 9.27. The third-order valence-corrected chi connectivity index (χ3v) is 2.43. The van der Waals surface area contributed by atoms with Gasteiger partial charge in [-0.1, -0.05) is 6.07 Å². The number of hydrogen-bond acceptors (Lipinski definition) is 4. The molecule has 2 aromatic rings. The second-order valence-corrected chi connectivity index (χ2v) is 3.70. The van der Waals surface area contributed by atoms with E-state index < -0.39 is 0 Å². The zero-order valence-electron chi connectivity index (χ0n) is 9.24. The number of phenolic OH excluding ortho intramolecular Hbond substituents is 1. The van der Waals surface area contributed by atoms with E-state index in [1.807, 2.05) is 0 Å². The fourth-order valence-corrected chi connectivity index (χ4v) is 1.52. The Morgan fingerprint density at radius 3 is 2.76 bits per heavy atom. The van der Waals surface area contributed by atoms with Crippen LogP contribution in [0, 0.1) is 0 Å². The Bertz CT molecular complexity index is 450. The van der Waals surface area contributed by atoms with E-state index in [0.29, 0.717) is 18.1 Å². The van der Waals surface area contributed by atoms with Crippen LogP contribution in [0.1, 0.15) is 11.7 Å².